The van der Waals surface area contributed by atoms with E-state index >= 15 is 0 Å². The molecular weight excluding hydrogens is 522 g/mol. The van der Waals surface area contributed by atoms with Crippen LogP contribution in [0, 0.1) is 25.2 Å². The van der Waals surface area contributed by atoms with Gasteiger partial charge in [-0.1, -0.05) is 35.9 Å². The number of benzene rings is 3. The number of carbonyl (C=O) groups excluding carboxylic acids is 2. The second-order valence-corrected chi connectivity index (χ2v) is 8.76. The topological polar surface area (TPSA) is 100 Å². The fourth-order valence-corrected chi connectivity index (χ4v) is 3.84. The number of para-hydroxylation sites is 1. The molecule has 8 heteroatoms. The van der Waals surface area contributed by atoms with Crippen molar-refractivity contribution in [2.24, 2.45) is 0 Å². The summed E-state index contributed by atoms with van der Waals surface area (Å²) in [7, 11) is 0. The monoisotopic (exact) mass is 547 g/mol. The smallest absolute Gasteiger partial charge is 0.266 e. The summed E-state index contributed by atoms with van der Waals surface area (Å²) in [5.41, 5.74) is 3.79. The van der Waals surface area contributed by atoms with Crippen LogP contribution in [0.2, 0.25) is 0 Å². The van der Waals surface area contributed by atoms with Crippen molar-refractivity contribution < 1.29 is 19.1 Å². The molecule has 0 radical (unpaired) electrons. The Labute approximate surface area is 218 Å². The first kappa shape index (κ1) is 26.5. The van der Waals surface area contributed by atoms with Gasteiger partial charge in [0.1, 0.15) is 11.6 Å². The van der Waals surface area contributed by atoms with Crippen molar-refractivity contribution >= 4 is 45.2 Å². The average molecular weight is 548 g/mol. The van der Waals surface area contributed by atoms with Crippen molar-refractivity contribution in [3.05, 3.63) is 87.4 Å². The Balaban J connectivity index is 1.77. The second kappa shape index (κ2) is 12.6. The Hall–Kier alpha value is -4.09. The molecule has 3 rings (SSSR count). The summed E-state index contributed by atoms with van der Waals surface area (Å²) in [5.74, 6) is -0.125. The van der Waals surface area contributed by atoms with Crippen LogP contribution in [0.25, 0.3) is 6.08 Å². The highest BCUT2D eigenvalue weighted by molar-refractivity contribution is 9.10. The number of amides is 2. The predicted molar refractivity (Wildman–Crippen MR) is 144 cm³/mol. The lowest BCUT2D eigenvalue weighted by Crippen LogP contribution is -2.21. The minimum absolute atomic E-state index is 0.0730. The van der Waals surface area contributed by atoms with Gasteiger partial charge in [-0.25, -0.2) is 0 Å². The molecule has 0 aliphatic rings. The summed E-state index contributed by atoms with van der Waals surface area (Å²) in [6.45, 7) is 5.79. The number of hydrogen-bond acceptors (Lipinski definition) is 5. The van der Waals surface area contributed by atoms with Gasteiger partial charge in [-0.3, -0.25) is 9.59 Å². The largest absolute Gasteiger partial charge is 0.490 e. The summed E-state index contributed by atoms with van der Waals surface area (Å²) in [6.07, 6.45) is 1.46. The SMILES string of the molecule is CCOc1cc(/C=C(/C#N)C(=O)Nc2ccc(C)cc2)cc(Br)c1OCC(=O)Nc1ccccc1C. The third kappa shape index (κ3) is 7.20. The maximum atomic E-state index is 12.6. The van der Waals surface area contributed by atoms with Gasteiger partial charge in [-0.05, 0) is 84.2 Å². The third-order valence-corrected chi connectivity index (χ3v) is 5.67. The number of hydrogen-bond donors (Lipinski definition) is 2. The van der Waals surface area contributed by atoms with Gasteiger partial charge in [0.05, 0.1) is 11.1 Å². The lowest BCUT2D eigenvalue weighted by Gasteiger charge is -2.15. The van der Waals surface area contributed by atoms with E-state index in [-0.39, 0.29) is 18.1 Å². The van der Waals surface area contributed by atoms with Crippen molar-refractivity contribution in [3.63, 3.8) is 0 Å². The molecule has 3 aromatic carbocycles. The maximum Gasteiger partial charge on any atom is 0.266 e. The first-order chi connectivity index (χ1) is 17.3. The quantitative estimate of drug-likeness (QED) is 0.251. The number of aryl methyl sites for hydroxylation is 2. The molecule has 2 N–H and O–H groups in total. The van der Waals surface area contributed by atoms with Crippen molar-refractivity contribution in [3.8, 4) is 17.6 Å². The number of ether oxygens (including phenoxy) is 2. The lowest BCUT2D eigenvalue weighted by atomic mass is 10.1. The van der Waals surface area contributed by atoms with Crippen LogP contribution in [-0.2, 0) is 9.59 Å². The van der Waals surface area contributed by atoms with Gasteiger partial charge in [-0.15, -0.1) is 0 Å². The molecule has 0 fully saturated rings. The second-order valence-electron chi connectivity index (χ2n) is 7.90. The fraction of sp³-hybridized carbons (Fsp3) is 0.179. The highest BCUT2D eigenvalue weighted by Crippen LogP contribution is 2.37. The van der Waals surface area contributed by atoms with Crippen LogP contribution >= 0.6 is 15.9 Å². The molecule has 0 bridgehead atoms. The molecule has 3 aromatic rings. The molecule has 0 aliphatic heterocycles. The summed E-state index contributed by atoms with van der Waals surface area (Å²) in [6, 6.07) is 20.0. The standard InChI is InChI=1S/C28H26BrN3O4/c1-4-35-25-15-20(13-21(16-30)28(34)31-22-11-9-18(2)10-12-22)14-23(29)27(25)36-17-26(33)32-24-8-6-5-7-19(24)3/h5-15H,4,17H2,1-3H3,(H,31,34)(H,32,33)/b21-13-. The third-order valence-electron chi connectivity index (χ3n) is 5.08. The van der Waals surface area contributed by atoms with Crippen LogP contribution in [0.15, 0.2) is 70.7 Å². The summed E-state index contributed by atoms with van der Waals surface area (Å²) >= 11 is 3.46. The summed E-state index contributed by atoms with van der Waals surface area (Å²) in [4.78, 5) is 25.1. The molecule has 0 saturated carbocycles. The molecule has 184 valence electrons. The molecule has 0 unspecified atom stereocenters. The van der Waals surface area contributed by atoms with Gasteiger partial charge >= 0.3 is 0 Å². The molecule has 0 heterocycles. The molecule has 0 aliphatic carbocycles. The normalized spacial score (nSPS) is 10.8. The Kier molecular flexibility index (Phi) is 9.25. The molecule has 0 saturated heterocycles. The van der Waals surface area contributed by atoms with Crippen LogP contribution in [0.1, 0.15) is 23.6 Å². The van der Waals surface area contributed by atoms with Crippen LogP contribution < -0.4 is 20.1 Å². The zero-order valence-electron chi connectivity index (χ0n) is 20.2. The van der Waals surface area contributed by atoms with Crippen molar-refractivity contribution in [2.75, 3.05) is 23.8 Å². The van der Waals surface area contributed by atoms with E-state index in [9.17, 15) is 14.9 Å². The lowest BCUT2D eigenvalue weighted by molar-refractivity contribution is -0.118. The van der Waals surface area contributed by atoms with Gasteiger partial charge in [0.25, 0.3) is 11.8 Å². The molecule has 36 heavy (non-hydrogen) atoms. The Morgan fingerprint density at radius 1 is 1.03 bits per heavy atom. The predicted octanol–water partition coefficient (Wildman–Crippen LogP) is 6.03. The van der Waals surface area contributed by atoms with Crippen LogP contribution in [-0.4, -0.2) is 25.0 Å². The van der Waals surface area contributed by atoms with Gasteiger partial charge < -0.3 is 20.1 Å². The highest BCUT2D eigenvalue weighted by atomic mass is 79.9. The molecule has 2 amide bonds. The van der Waals surface area contributed by atoms with Gasteiger partial charge in [0.2, 0.25) is 0 Å². The van der Waals surface area contributed by atoms with E-state index in [1.165, 1.54) is 6.08 Å². The van der Waals surface area contributed by atoms with Crippen molar-refractivity contribution in [1.29, 1.82) is 5.26 Å². The zero-order valence-corrected chi connectivity index (χ0v) is 21.8. The van der Waals surface area contributed by atoms with Gasteiger partial charge in [0, 0.05) is 11.4 Å². The molecule has 7 nitrogen and oxygen atoms in total. The fourth-order valence-electron chi connectivity index (χ4n) is 3.26. The minimum atomic E-state index is -0.524. The number of halogens is 1. The Bertz CT molecular complexity index is 1330. The number of anilines is 2. The van der Waals surface area contributed by atoms with E-state index in [0.717, 1.165) is 11.1 Å². The maximum absolute atomic E-state index is 12.6. The van der Waals surface area contributed by atoms with Crippen molar-refractivity contribution in [1.82, 2.24) is 0 Å². The first-order valence-corrected chi connectivity index (χ1v) is 12.0. The van der Waals surface area contributed by atoms with E-state index < -0.39 is 5.91 Å². The molecule has 0 atom stereocenters. The summed E-state index contributed by atoms with van der Waals surface area (Å²) in [5, 5.41) is 15.1. The Morgan fingerprint density at radius 3 is 2.42 bits per heavy atom. The minimum Gasteiger partial charge on any atom is -0.490 e. The molecule has 0 aromatic heterocycles. The first-order valence-electron chi connectivity index (χ1n) is 11.2. The number of rotatable bonds is 9. The van der Waals surface area contributed by atoms with Crippen LogP contribution in [0.4, 0.5) is 11.4 Å². The van der Waals surface area contributed by atoms with E-state index in [0.29, 0.717) is 39.5 Å². The summed E-state index contributed by atoms with van der Waals surface area (Å²) < 4.78 is 12.0. The average Bonchev–Trinajstić information content (AvgIpc) is 2.85. The number of nitriles is 1. The van der Waals surface area contributed by atoms with Gasteiger partial charge in [0.15, 0.2) is 18.1 Å². The van der Waals surface area contributed by atoms with Crippen molar-refractivity contribution in [2.45, 2.75) is 20.8 Å². The molecule has 0 spiro atoms. The zero-order chi connectivity index (χ0) is 26.1. The van der Waals surface area contributed by atoms with E-state index in [1.807, 2.05) is 63.2 Å². The number of nitrogens with one attached hydrogen (secondary N) is 2. The Morgan fingerprint density at radius 2 is 1.75 bits per heavy atom. The molecular formula is C28H26BrN3O4. The number of carbonyl (C=O) groups is 2. The highest BCUT2D eigenvalue weighted by Gasteiger charge is 2.16. The van der Waals surface area contributed by atoms with Gasteiger partial charge in [-0.2, -0.15) is 5.26 Å². The van der Waals surface area contributed by atoms with E-state index in [2.05, 4.69) is 26.6 Å². The van der Waals surface area contributed by atoms with Crippen LogP contribution in [0.5, 0.6) is 11.5 Å². The van der Waals surface area contributed by atoms with E-state index in [4.69, 9.17) is 9.47 Å². The number of nitrogens with zero attached hydrogens (tertiary/aromatic N) is 1. The van der Waals surface area contributed by atoms with Crippen LogP contribution in [0.3, 0.4) is 0 Å². The van der Waals surface area contributed by atoms with E-state index in [1.54, 1.807) is 24.3 Å².